The van der Waals surface area contributed by atoms with Crippen molar-refractivity contribution < 1.29 is 19.7 Å². The van der Waals surface area contributed by atoms with E-state index < -0.39 is 12.2 Å². The summed E-state index contributed by atoms with van der Waals surface area (Å²) in [5.41, 5.74) is 1.73. The molecular weight excluding hydrogens is 378 g/mol. The van der Waals surface area contributed by atoms with Gasteiger partial charge in [-0.05, 0) is 50.6 Å². The Morgan fingerprint density at radius 2 is 2.00 bits per heavy atom. The first kappa shape index (κ1) is 21.1. The zero-order valence-corrected chi connectivity index (χ0v) is 17.4. The van der Waals surface area contributed by atoms with Gasteiger partial charge >= 0.3 is 0 Å². The van der Waals surface area contributed by atoms with Crippen molar-refractivity contribution in [2.75, 3.05) is 5.75 Å². The number of aliphatic hydroxyl groups excluding tert-OH is 2. The predicted octanol–water partition coefficient (Wildman–Crippen LogP) is 2.57. The first-order valence-corrected chi connectivity index (χ1v) is 10.7. The maximum Gasteiger partial charge on any atom is 0.134 e. The number of aromatic nitrogens is 3. The Morgan fingerprint density at radius 1 is 1.25 bits per heavy atom. The van der Waals surface area contributed by atoms with Crippen molar-refractivity contribution in [2.45, 2.75) is 70.0 Å². The zero-order valence-electron chi connectivity index (χ0n) is 16.6. The minimum absolute atomic E-state index is 0.237. The predicted molar refractivity (Wildman–Crippen MR) is 108 cm³/mol. The van der Waals surface area contributed by atoms with Gasteiger partial charge in [-0.3, -0.25) is 0 Å². The van der Waals surface area contributed by atoms with Gasteiger partial charge in [0.1, 0.15) is 23.5 Å². The first-order valence-electron chi connectivity index (χ1n) is 9.68. The molecule has 1 aromatic carbocycles. The van der Waals surface area contributed by atoms with Gasteiger partial charge in [-0.25, -0.2) is 4.68 Å². The molecule has 1 aliphatic heterocycles. The molecule has 0 bridgehead atoms. The van der Waals surface area contributed by atoms with Crippen LogP contribution in [0.3, 0.4) is 0 Å². The maximum absolute atomic E-state index is 10.0. The summed E-state index contributed by atoms with van der Waals surface area (Å²) < 4.78 is 13.3. The Balaban J connectivity index is 1.41. The fraction of sp³-hybridized carbons (Fsp3) is 0.600. The Morgan fingerprint density at radius 3 is 2.68 bits per heavy atom. The number of aryl methyl sites for hydroxylation is 1. The van der Waals surface area contributed by atoms with E-state index in [0.717, 1.165) is 23.6 Å². The fourth-order valence-corrected chi connectivity index (χ4v) is 4.10. The number of ether oxygens (including phenoxy) is 2. The standard InChI is InChI=1S/C20H29N3O4S/c1-13(2)23-11-16(21-22-23)12-26-17-6-4-15(5-7-17)8-9-28-20-19(25)10-18(24)14(3)27-20/h4-7,11,13-14,18-20,24-25H,8-10,12H2,1-3H3/t14?,18-,19?,20-/m0/s1. The monoisotopic (exact) mass is 407 g/mol. The smallest absolute Gasteiger partial charge is 0.134 e. The average molecular weight is 408 g/mol. The molecule has 154 valence electrons. The lowest BCUT2D eigenvalue weighted by Gasteiger charge is -2.35. The molecule has 1 fully saturated rings. The average Bonchev–Trinajstić information content (AvgIpc) is 3.14. The van der Waals surface area contributed by atoms with Gasteiger partial charge in [0.25, 0.3) is 0 Å². The maximum atomic E-state index is 10.0. The second-order valence-electron chi connectivity index (χ2n) is 7.42. The zero-order chi connectivity index (χ0) is 20.1. The molecule has 28 heavy (non-hydrogen) atoms. The number of hydrogen-bond acceptors (Lipinski definition) is 7. The van der Waals surface area contributed by atoms with Crippen LogP contribution in [-0.4, -0.2) is 54.7 Å². The molecule has 4 atom stereocenters. The summed E-state index contributed by atoms with van der Waals surface area (Å²) in [7, 11) is 0. The molecule has 8 heteroatoms. The van der Waals surface area contributed by atoms with Crippen LogP contribution in [0.5, 0.6) is 5.75 Å². The molecule has 1 aliphatic rings. The molecule has 2 unspecified atom stereocenters. The van der Waals surface area contributed by atoms with Crippen LogP contribution in [0.1, 0.15) is 44.5 Å². The molecule has 2 N–H and O–H groups in total. The molecular formula is C20H29N3O4S. The summed E-state index contributed by atoms with van der Waals surface area (Å²) in [6, 6.07) is 8.29. The third-order valence-corrected chi connectivity index (χ3v) is 5.95. The van der Waals surface area contributed by atoms with Crippen molar-refractivity contribution in [3.8, 4) is 5.75 Å². The number of aliphatic hydroxyl groups is 2. The van der Waals surface area contributed by atoms with Gasteiger partial charge in [0, 0.05) is 12.5 Å². The summed E-state index contributed by atoms with van der Waals surface area (Å²) in [6.45, 7) is 6.34. The van der Waals surface area contributed by atoms with Crippen molar-refractivity contribution in [3.05, 3.63) is 41.7 Å². The molecule has 2 heterocycles. The highest BCUT2D eigenvalue weighted by atomic mass is 32.2. The second-order valence-corrected chi connectivity index (χ2v) is 8.62. The SMILES string of the molecule is CC1O[C@@H](SCCc2ccc(OCc3cn(C(C)C)nn3)cc2)C(O)C[C@@H]1O. The van der Waals surface area contributed by atoms with Gasteiger partial charge < -0.3 is 19.7 Å². The van der Waals surface area contributed by atoms with E-state index in [4.69, 9.17) is 9.47 Å². The van der Waals surface area contributed by atoms with Crippen molar-refractivity contribution in [1.29, 1.82) is 0 Å². The van der Waals surface area contributed by atoms with E-state index in [0.29, 0.717) is 13.0 Å². The third-order valence-electron chi connectivity index (χ3n) is 4.76. The summed E-state index contributed by atoms with van der Waals surface area (Å²) >= 11 is 1.59. The van der Waals surface area contributed by atoms with Gasteiger partial charge in [0.05, 0.1) is 24.5 Å². The van der Waals surface area contributed by atoms with E-state index >= 15 is 0 Å². The summed E-state index contributed by atoms with van der Waals surface area (Å²) in [5, 5.41) is 27.9. The third kappa shape index (κ3) is 5.70. The molecule has 1 aromatic heterocycles. The Labute approximate surface area is 170 Å². The molecule has 7 nitrogen and oxygen atoms in total. The first-order chi connectivity index (χ1) is 13.4. The van der Waals surface area contributed by atoms with E-state index in [-0.39, 0.29) is 17.6 Å². The molecule has 0 spiro atoms. The van der Waals surface area contributed by atoms with Crippen LogP contribution in [0.15, 0.2) is 30.5 Å². The molecule has 0 radical (unpaired) electrons. The van der Waals surface area contributed by atoms with E-state index in [1.54, 1.807) is 11.8 Å². The molecule has 0 saturated carbocycles. The molecule has 3 rings (SSSR count). The van der Waals surface area contributed by atoms with Crippen molar-refractivity contribution in [2.24, 2.45) is 0 Å². The van der Waals surface area contributed by atoms with Gasteiger partial charge in [-0.2, -0.15) is 0 Å². The van der Waals surface area contributed by atoms with Crippen LogP contribution >= 0.6 is 11.8 Å². The number of thioether (sulfide) groups is 1. The summed E-state index contributed by atoms with van der Waals surface area (Å²) in [5.74, 6) is 1.63. The highest BCUT2D eigenvalue weighted by Gasteiger charge is 2.33. The van der Waals surface area contributed by atoms with Crippen LogP contribution in [-0.2, 0) is 17.8 Å². The van der Waals surface area contributed by atoms with Crippen molar-refractivity contribution in [3.63, 3.8) is 0 Å². The molecule has 0 aliphatic carbocycles. The van der Waals surface area contributed by atoms with E-state index in [1.165, 1.54) is 5.56 Å². The van der Waals surface area contributed by atoms with Gasteiger partial charge in [-0.1, -0.05) is 17.3 Å². The summed E-state index contributed by atoms with van der Waals surface area (Å²) in [4.78, 5) is 0. The van der Waals surface area contributed by atoms with E-state index in [2.05, 4.69) is 24.2 Å². The normalized spacial score (nSPS) is 25.2. The lowest BCUT2D eigenvalue weighted by molar-refractivity contribution is -0.129. The number of benzene rings is 1. The Bertz CT molecular complexity index is 737. The van der Waals surface area contributed by atoms with Crippen LogP contribution in [0, 0.1) is 0 Å². The molecule has 0 amide bonds. The Hall–Kier alpha value is -1.61. The molecule has 1 saturated heterocycles. The van der Waals surface area contributed by atoms with Crippen molar-refractivity contribution >= 4 is 11.8 Å². The van der Waals surface area contributed by atoms with Crippen LogP contribution in [0.2, 0.25) is 0 Å². The van der Waals surface area contributed by atoms with Crippen LogP contribution in [0.25, 0.3) is 0 Å². The number of hydrogen-bond donors (Lipinski definition) is 2. The quantitative estimate of drug-likeness (QED) is 0.695. The minimum atomic E-state index is -0.624. The minimum Gasteiger partial charge on any atom is -0.487 e. The Kier molecular flexibility index (Phi) is 7.34. The topological polar surface area (TPSA) is 89.6 Å². The number of nitrogens with zero attached hydrogens (tertiary/aromatic N) is 3. The van der Waals surface area contributed by atoms with E-state index in [1.807, 2.05) is 42.1 Å². The van der Waals surface area contributed by atoms with Crippen LogP contribution < -0.4 is 4.74 Å². The number of rotatable bonds is 8. The van der Waals surface area contributed by atoms with Gasteiger partial charge in [0.15, 0.2) is 0 Å². The van der Waals surface area contributed by atoms with Crippen LogP contribution in [0.4, 0.5) is 0 Å². The highest BCUT2D eigenvalue weighted by Crippen LogP contribution is 2.28. The largest absolute Gasteiger partial charge is 0.487 e. The highest BCUT2D eigenvalue weighted by molar-refractivity contribution is 7.99. The fourth-order valence-electron chi connectivity index (χ4n) is 2.93. The molecule has 2 aromatic rings. The van der Waals surface area contributed by atoms with Gasteiger partial charge in [0.2, 0.25) is 0 Å². The second kappa shape index (κ2) is 9.73. The van der Waals surface area contributed by atoms with E-state index in [9.17, 15) is 10.2 Å². The summed E-state index contributed by atoms with van der Waals surface area (Å²) in [6.07, 6.45) is 1.69. The lowest BCUT2D eigenvalue weighted by Crippen LogP contribution is -2.44. The van der Waals surface area contributed by atoms with Gasteiger partial charge in [-0.15, -0.1) is 16.9 Å². The van der Waals surface area contributed by atoms with Crippen molar-refractivity contribution in [1.82, 2.24) is 15.0 Å². The lowest BCUT2D eigenvalue weighted by atomic mass is 10.1.